The van der Waals surface area contributed by atoms with Gasteiger partial charge in [0.25, 0.3) is 0 Å². The van der Waals surface area contributed by atoms with Crippen molar-refractivity contribution >= 4 is 12.6 Å². The normalized spacial score (nSPS) is 10.7. The highest BCUT2D eigenvalue weighted by atomic mass is 19.1. The van der Waals surface area contributed by atoms with Gasteiger partial charge in [-0.1, -0.05) is 6.92 Å². The molecule has 1 aromatic heterocycles. The third kappa shape index (κ3) is 3.62. The molecule has 0 spiro atoms. The SMILES string of the molecule is CCc1cc(COc2ccc(F)cc2B(O)O)n(CC)n1. The Balaban J connectivity index is 2.18. The minimum atomic E-state index is -1.78. The first-order valence-corrected chi connectivity index (χ1v) is 6.89. The molecule has 0 saturated carbocycles. The number of ether oxygens (including phenoxy) is 1. The average Bonchev–Trinajstić information content (AvgIpc) is 2.88. The number of rotatable bonds is 6. The molecule has 5 nitrogen and oxygen atoms in total. The Kier molecular flexibility index (Phi) is 4.98. The van der Waals surface area contributed by atoms with Crippen LogP contribution in [-0.2, 0) is 19.6 Å². The molecule has 2 N–H and O–H groups in total. The van der Waals surface area contributed by atoms with Crippen LogP contribution in [0.25, 0.3) is 0 Å². The Morgan fingerprint density at radius 2 is 2.05 bits per heavy atom. The standard InChI is InChI=1S/C14H18BFN2O3/c1-3-11-8-12(18(4-2)17-11)9-21-14-6-5-10(16)7-13(14)15(19)20/h5-8,19-20H,3-4,9H2,1-2H3. The number of nitrogens with zero attached hydrogens (tertiary/aromatic N) is 2. The first-order valence-electron chi connectivity index (χ1n) is 6.89. The molecule has 0 amide bonds. The van der Waals surface area contributed by atoms with Crippen molar-refractivity contribution in [3.8, 4) is 5.75 Å². The third-order valence-corrected chi connectivity index (χ3v) is 3.20. The van der Waals surface area contributed by atoms with Crippen molar-refractivity contribution in [3.63, 3.8) is 0 Å². The summed E-state index contributed by atoms with van der Waals surface area (Å²) in [6, 6.07) is 5.60. The van der Waals surface area contributed by atoms with Crippen LogP contribution in [0, 0.1) is 5.82 Å². The van der Waals surface area contributed by atoms with Crippen molar-refractivity contribution in [2.45, 2.75) is 33.4 Å². The molecule has 112 valence electrons. The van der Waals surface area contributed by atoms with E-state index in [9.17, 15) is 14.4 Å². The summed E-state index contributed by atoms with van der Waals surface area (Å²) in [5.41, 5.74) is 1.86. The molecular formula is C14H18BFN2O3. The summed E-state index contributed by atoms with van der Waals surface area (Å²) in [4.78, 5) is 0. The summed E-state index contributed by atoms with van der Waals surface area (Å²) in [6.07, 6.45) is 0.831. The van der Waals surface area contributed by atoms with Crippen LogP contribution in [0.5, 0.6) is 5.75 Å². The second-order valence-electron chi connectivity index (χ2n) is 4.64. The second kappa shape index (κ2) is 6.73. The first-order chi connectivity index (χ1) is 10.0. The maximum Gasteiger partial charge on any atom is 0.492 e. The zero-order valence-electron chi connectivity index (χ0n) is 12.1. The monoisotopic (exact) mass is 292 g/mol. The molecule has 0 unspecified atom stereocenters. The fourth-order valence-electron chi connectivity index (χ4n) is 2.08. The van der Waals surface area contributed by atoms with Crippen molar-refractivity contribution in [1.29, 1.82) is 0 Å². The minimum Gasteiger partial charge on any atom is -0.488 e. The van der Waals surface area contributed by atoms with Crippen LogP contribution in [0.3, 0.4) is 0 Å². The van der Waals surface area contributed by atoms with E-state index < -0.39 is 12.9 Å². The number of aryl methyl sites for hydroxylation is 2. The lowest BCUT2D eigenvalue weighted by molar-refractivity contribution is 0.292. The van der Waals surface area contributed by atoms with Gasteiger partial charge in [0.2, 0.25) is 0 Å². The van der Waals surface area contributed by atoms with Gasteiger partial charge in [0.1, 0.15) is 18.2 Å². The molecule has 0 bridgehead atoms. The number of halogens is 1. The van der Waals surface area contributed by atoms with Gasteiger partial charge in [-0.05, 0) is 37.6 Å². The van der Waals surface area contributed by atoms with Crippen LogP contribution in [-0.4, -0.2) is 26.9 Å². The number of benzene rings is 1. The summed E-state index contributed by atoms with van der Waals surface area (Å²) in [7, 11) is -1.78. The van der Waals surface area contributed by atoms with E-state index in [-0.39, 0.29) is 17.8 Å². The molecule has 0 fully saturated rings. The average molecular weight is 292 g/mol. The summed E-state index contributed by atoms with van der Waals surface area (Å²) in [5, 5.41) is 22.9. The Hall–Kier alpha value is -1.86. The molecule has 0 atom stereocenters. The topological polar surface area (TPSA) is 67.5 Å². The van der Waals surface area contributed by atoms with E-state index in [2.05, 4.69) is 5.10 Å². The van der Waals surface area contributed by atoms with E-state index in [4.69, 9.17) is 4.74 Å². The molecule has 1 aromatic carbocycles. The zero-order chi connectivity index (χ0) is 15.4. The molecule has 2 aromatic rings. The van der Waals surface area contributed by atoms with Gasteiger partial charge in [-0.25, -0.2) is 4.39 Å². The highest BCUT2D eigenvalue weighted by molar-refractivity contribution is 6.59. The Bertz CT molecular complexity index is 616. The van der Waals surface area contributed by atoms with E-state index in [1.165, 1.54) is 12.1 Å². The lowest BCUT2D eigenvalue weighted by Gasteiger charge is -2.11. The van der Waals surface area contributed by atoms with Gasteiger partial charge >= 0.3 is 7.12 Å². The molecule has 0 radical (unpaired) electrons. The van der Waals surface area contributed by atoms with Crippen molar-refractivity contribution in [2.75, 3.05) is 0 Å². The van der Waals surface area contributed by atoms with Crippen LogP contribution in [0.2, 0.25) is 0 Å². The van der Waals surface area contributed by atoms with Gasteiger partial charge in [-0.15, -0.1) is 0 Å². The van der Waals surface area contributed by atoms with Crippen molar-refractivity contribution in [1.82, 2.24) is 9.78 Å². The van der Waals surface area contributed by atoms with Crippen molar-refractivity contribution in [2.24, 2.45) is 0 Å². The van der Waals surface area contributed by atoms with Crippen LogP contribution in [0.4, 0.5) is 4.39 Å². The molecule has 0 aliphatic carbocycles. The van der Waals surface area contributed by atoms with Crippen molar-refractivity contribution in [3.05, 3.63) is 41.5 Å². The first kappa shape index (κ1) is 15.5. The molecule has 0 aliphatic rings. The highest BCUT2D eigenvalue weighted by Crippen LogP contribution is 2.13. The van der Waals surface area contributed by atoms with Crippen LogP contribution in [0.1, 0.15) is 25.2 Å². The third-order valence-electron chi connectivity index (χ3n) is 3.20. The maximum atomic E-state index is 13.1. The van der Waals surface area contributed by atoms with Gasteiger partial charge in [0.05, 0.1) is 11.4 Å². The predicted molar refractivity (Wildman–Crippen MR) is 77.8 cm³/mol. The largest absolute Gasteiger partial charge is 0.492 e. The van der Waals surface area contributed by atoms with E-state index in [0.717, 1.165) is 30.4 Å². The number of hydrogen-bond donors (Lipinski definition) is 2. The Morgan fingerprint density at radius 3 is 2.67 bits per heavy atom. The minimum absolute atomic E-state index is 0.00767. The number of hydrogen-bond acceptors (Lipinski definition) is 4. The van der Waals surface area contributed by atoms with Crippen LogP contribution >= 0.6 is 0 Å². The van der Waals surface area contributed by atoms with Gasteiger partial charge in [0, 0.05) is 12.0 Å². The van der Waals surface area contributed by atoms with Crippen molar-refractivity contribution < 1.29 is 19.2 Å². The fraction of sp³-hybridized carbons (Fsp3) is 0.357. The number of aromatic nitrogens is 2. The second-order valence-corrected chi connectivity index (χ2v) is 4.64. The molecule has 7 heteroatoms. The van der Waals surface area contributed by atoms with Gasteiger partial charge in [-0.3, -0.25) is 4.68 Å². The predicted octanol–water partition coefficient (Wildman–Crippen LogP) is 0.863. The van der Waals surface area contributed by atoms with Crippen LogP contribution < -0.4 is 10.2 Å². The van der Waals surface area contributed by atoms with E-state index in [0.29, 0.717) is 0 Å². The van der Waals surface area contributed by atoms with Gasteiger partial charge < -0.3 is 14.8 Å². The fourth-order valence-corrected chi connectivity index (χ4v) is 2.08. The summed E-state index contributed by atoms with van der Waals surface area (Å²) >= 11 is 0. The summed E-state index contributed by atoms with van der Waals surface area (Å²) < 4.78 is 20.6. The maximum absolute atomic E-state index is 13.1. The summed E-state index contributed by atoms with van der Waals surface area (Å²) in [5.74, 6) is -0.300. The highest BCUT2D eigenvalue weighted by Gasteiger charge is 2.18. The van der Waals surface area contributed by atoms with Gasteiger partial charge in [0.15, 0.2) is 0 Å². The molecule has 0 saturated heterocycles. The molecule has 0 aliphatic heterocycles. The lowest BCUT2D eigenvalue weighted by Crippen LogP contribution is -2.31. The quantitative estimate of drug-likeness (QED) is 0.775. The molecule has 1 heterocycles. The molecule has 21 heavy (non-hydrogen) atoms. The Morgan fingerprint density at radius 1 is 1.29 bits per heavy atom. The summed E-state index contributed by atoms with van der Waals surface area (Å²) in [6.45, 7) is 4.95. The smallest absolute Gasteiger partial charge is 0.488 e. The molecular weight excluding hydrogens is 274 g/mol. The molecule has 2 rings (SSSR count). The van der Waals surface area contributed by atoms with Gasteiger partial charge in [-0.2, -0.15) is 5.10 Å². The Labute approximate surface area is 123 Å². The van der Waals surface area contributed by atoms with E-state index >= 15 is 0 Å². The van der Waals surface area contributed by atoms with E-state index in [1.807, 2.05) is 24.6 Å². The van der Waals surface area contributed by atoms with Crippen LogP contribution in [0.15, 0.2) is 24.3 Å². The lowest BCUT2D eigenvalue weighted by atomic mass is 9.79. The van der Waals surface area contributed by atoms with E-state index in [1.54, 1.807) is 0 Å². The zero-order valence-corrected chi connectivity index (χ0v) is 12.1.